The SMILES string of the molecule is COc1cccc(C(N)=O)c1.NC1CCCCC1. The Morgan fingerprint density at radius 1 is 1.28 bits per heavy atom. The molecular weight excluding hydrogens is 228 g/mol. The molecule has 1 aromatic carbocycles. The number of rotatable bonds is 2. The molecule has 1 fully saturated rings. The molecule has 1 aromatic rings. The highest BCUT2D eigenvalue weighted by atomic mass is 16.5. The van der Waals surface area contributed by atoms with Crippen LogP contribution in [0.15, 0.2) is 24.3 Å². The lowest BCUT2D eigenvalue weighted by Crippen LogP contribution is -2.22. The zero-order valence-corrected chi connectivity index (χ0v) is 10.9. The molecule has 0 saturated heterocycles. The van der Waals surface area contributed by atoms with Gasteiger partial charge in [-0.25, -0.2) is 0 Å². The van der Waals surface area contributed by atoms with E-state index in [0.717, 1.165) is 0 Å². The summed E-state index contributed by atoms with van der Waals surface area (Å²) >= 11 is 0. The number of amides is 1. The topological polar surface area (TPSA) is 78.3 Å². The molecular formula is C14H22N2O2. The molecule has 4 N–H and O–H groups in total. The Balaban J connectivity index is 0.000000199. The Bertz CT molecular complexity index is 374. The Labute approximate surface area is 108 Å². The lowest BCUT2D eigenvalue weighted by Gasteiger charge is -2.15. The average molecular weight is 250 g/mol. The molecule has 0 aliphatic heterocycles. The van der Waals surface area contributed by atoms with Crippen molar-refractivity contribution in [1.82, 2.24) is 0 Å². The lowest BCUT2D eigenvalue weighted by atomic mass is 9.97. The minimum Gasteiger partial charge on any atom is -0.497 e. The molecule has 100 valence electrons. The summed E-state index contributed by atoms with van der Waals surface area (Å²) in [4.78, 5) is 10.6. The molecule has 2 rings (SSSR count). The Morgan fingerprint density at radius 3 is 2.39 bits per heavy atom. The molecule has 0 radical (unpaired) electrons. The zero-order chi connectivity index (χ0) is 13.4. The van der Waals surface area contributed by atoms with Crippen LogP contribution in [0.25, 0.3) is 0 Å². The number of carbonyl (C=O) groups is 1. The van der Waals surface area contributed by atoms with Gasteiger partial charge in [-0.2, -0.15) is 0 Å². The van der Waals surface area contributed by atoms with Crippen molar-refractivity contribution in [3.63, 3.8) is 0 Å². The van der Waals surface area contributed by atoms with E-state index in [1.54, 1.807) is 31.4 Å². The first-order valence-corrected chi connectivity index (χ1v) is 6.33. The van der Waals surface area contributed by atoms with E-state index in [2.05, 4.69) is 0 Å². The summed E-state index contributed by atoms with van der Waals surface area (Å²) < 4.78 is 4.90. The van der Waals surface area contributed by atoms with Crippen LogP contribution in [0.4, 0.5) is 0 Å². The van der Waals surface area contributed by atoms with Gasteiger partial charge in [0.15, 0.2) is 0 Å². The summed E-state index contributed by atoms with van der Waals surface area (Å²) in [7, 11) is 1.54. The highest BCUT2D eigenvalue weighted by Crippen LogP contribution is 2.14. The minimum atomic E-state index is -0.441. The fourth-order valence-electron chi connectivity index (χ4n) is 1.91. The number of benzene rings is 1. The van der Waals surface area contributed by atoms with E-state index in [0.29, 0.717) is 17.4 Å². The van der Waals surface area contributed by atoms with E-state index in [-0.39, 0.29) is 0 Å². The summed E-state index contributed by atoms with van der Waals surface area (Å²) in [5, 5.41) is 0. The first-order valence-electron chi connectivity index (χ1n) is 6.33. The summed E-state index contributed by atoms with van der Waals surface area (Å²) in [6.45, 7) is 0. The molecule has 18 heavy (non-hydrogen) atoms. The summed E-state index contributed by atoms with van der Waals surface area (Å²) in [5.41, 5.74) is 11.1. The second-order valence-corrected chi connectivity index (χ2v) is 4.49. The standard InChI is InChI=1S/C8H9NO2.C6H13N/c1-11-7-4-2-3-6(5-7)8(9)10;7-6-4-2-1-3-5-6/h2-5H,1H3,(H2,9,10);6H,1-5,7H2. The fourth-order valence-corrected chi connectivity index (χ4v) is 1.91. The summed E-state index contributed by atoms with van der Waals surface area (Å²) in [6, 6.07) is 7.26. The van der Waals surface area contributed by atoms with E-state index in [4.69, 9.17) is 16.2 Å². The lowest BCUT2D eigenvalue weighted by molar-refractivity contribution is 0.1000. The number of hydrogen-bond acceptors (Lipinski definition) is 3. The monoisotopic (exact) mass is 250 g/mol. The summed E-state index contributed by atoms with van der Waals surface area (Å²) in [6.07, 6.45) is 6.66. The molecule has 0 atom stereocenters. The van der Waals surface area contributed by atoms with Gasteiger partial charge >= 0.3 is 0 Å². The van der Waals surface area contributed by atoms with Crippen LogP contribution in [-0.4, -0.2) is 19.1 Å². The van der Waals surface area contributed by atoms with Gasteiger partial charge in [0, 0.05) is 11.6 Å². The molecule has 4 heteroatoms. The van der Waals surface area contributed by atoms with Crippen LogP contribution >= 0.6 is 0 Å². The van der Waals surface area contributed by atoms with Crippen molar-refractivity contribution in [2.24, 2.45) is 11.5 Å². The van der Waals surface area contributed by atoms with Crippen LogP contribution in [-0.2, 0) is 0 Å². The number of carbonyl (C=O) groups excluding carboxylic acids is 1. The predicted molar refractivity (Wildman–Crippen MR) is 72.6 cm³/mol. The van der Waals surface area contributed by atoms with Gasteiger partial charge in [-0.15, -0.1) is 0 Å². The van der Waals surface area contributed by atoms with Crippen molar-refractivity contribution in [2.75, 3.05) is 7.11 Å². The summed E-state index contributed by atoms with van der Waals surface area (Å²) in [5.74, 6) is 0.199. The molecule has 0 bridgehead atoms. The van der Waals surface area contributed by atoms with E-state index < -0.39 is 5.91 Å². The van der Waals surface area contributed by atoms with E-state index >= 15 is 0 Å². The fraction of sp³-hybridized carbons (Fsp3) is 0.500. The molecule has 1 aliphatic rings. The van der Waals surface area contributed by atoms with Crippen LogP contribution in [0.1, 0.15) is 42.5 Å². The predicted octanol–water partition coefficient (Wildman–Crippen LogP) is 2.07. The second kappa shape index (κ2) is 7.71. The van der Waals surface area contributed by atoms with Gasteiger partial charge in [0.05, 0.1) is 7.11 Å². The van der Waals surface area contributed by atoms with Gasteiger partial charge in [0.2, 0.25) is 5.91 Å². The molecule has 4 nitrogen and oxygen atoms in total. The van der Waals surface area contributed by atoms with Crippen molar-refractivity contribution >= 4 is 5.91 Å². The second-order valence-electron chi connectivity index (χ2n) is 4.49. The first-order chi connectivity index (χ1) is 8.63. The van der Waals surface area contributed by atoms with Crippen molar-refractivity contribution in [3.05, 3.63) is 29.8 Å². The van der Waals surface area contributed by atoms with Crippen LogP contribution < -0.4 is 16.2 Å². The Hall–Kier alpha value is -1.55. The van der Waals surface area contributed by atoms with Crippen molar-refractivity contribution in [2.45, 2.75) is 38.1 Å². The molecule has 0 aromatic heterocycles. The Morgan fingerprint density at radius 2 is 1.94 bits per heavy atom. The highest BCUT2D eigenvalue weighted by molar-refractivity contribution is 5.93. The number of hydrogen-bond donors (Lipinski definition) is 2. The zero-order valence-electron chi connectivity index (χ0n) is 10.9. The van der Waals surface area contributed by atoms with Gasteiger partial charge in [-0.05, 0) is 31.0 Å². The quantitative estimate of drug-likeness (QED) is 0.843. The van der Waals surface area contributed by atoms with Gasteiger partial charge < -0.3 is 16.2 Å². The molecule has 1 amide bonds. The highest BCUT2D eigenvalue weighted by Gasteiger charge is 2.06. The van der Waals surface area contributed by atoms with Gasteiger partial charge in [-0.3, -0.25) is 4.79 Å². The largest absolute Gasteiger partial charge is 0.497 e. The molecule has 0 heterocycles. The van der Waals surface area contributed by atoms with Crippen LogP contribution in [0.2, 0.25) is 0 Å². The van der Waals surface area contributed by atoms with E-state index in [1.165, 1.54) is 32.1 Å². The van der Waals surface area contributed by atoms with Gasteiger partial charge in [0.1, 0.15) is 5.75 Å². The number of nitrogens with two attached hydrogens (primary N) is 2. The van der Waals surface area contributed by atoms with Gasteiger partial charge in [-0.1, -0.05) is 25.3 Å². The number of primary amides is 1. The minimum absolute atomic E-state index is 0.441. The van der Waals surface area contributed by atoms with Crippen molar-refractivity contribution in [1.29, 1.82) is 0 Å². The number of ether oxygens (including phenoxy) is 1. The molecule has 1 aliphatic carbocycles. The third-order valence-corrected chi connectivity index (χ3v) is 3.00. The van der Waals surface area contributed by atoms with Crippen LogP contribution in [0, 0.1) is 0 Å². The van der Waals surface area contributed by atoms with Crippen molar-refractivity contribution < 1.29 is 9.53 Å². The number of methoxy groups -OCH3 is 1. The van der Waals surface area contributed by atoms with E-state index in [1.807, 2.05) is 0 Å². The third kappa shape index (κ3) is 5.19. The molecule has 0 spiro atoms. The smallest absolute Gasteiger partial charge is 0.248 e. The Kier molecular flexibility index (Phi) is 6.22. The van der Waals surface area contributed by atoms with E-state index in [9.17, 15) is 4.79 Å². The van der Waals surface area contributed by atoms with Crippen LogP contribution in [0.5, 0.6) is 5.75 Å². The van der Waals surface area contributed by atoms with Crippen LogP contribution in [0.3, 0.4) is 0 Å². The van der Waals surface area contributed by atoms with Crippen molar-refractivity contribution in [3.8, 4) is 5.75 Å². The normalized spacial score (nSPS) is 15.4. The third-order valence-electron chi connectivity index (χ3n) is 3.00. The molecule has 0 unspecified atom stereocenters. The maximum atomic E-state index is 10.6. The maximum absolute atomic E-state index is 10.6. The van der Waals surface area contributed by atoms with Gasteiger partial charge in [0.25, 0.3) is 0 Å². The molecule has 1 saturated carbocycles. The average Bonchev–Trinajstić information content (AvgIpc) is 2.40. The first kappa shape index (κ1) is 14.5. The maximum Gasteiger partial charge on any atom is 0.248 e.